The summed E-state index contributed by atoms with van der Waals surface area (Å²) < 4.78 is 0. The van der Waals surface area contributed by atoms with Crippen LogP contribution in [0.15, 0.2) is 0 Å². The Hall–Kier alpha value is -0.480. The van der Waals surface area contributed by atoms with E-state index < -0.39 is 0 Å². The zero-order valence-electron chi connectivity index (χ0n) is 8.71. The molecule has 1 aliphatic carbocycles. The van der Waals surface area contributed by atoms with Gasteiger partial charge in [0.1, 0.15) is 0 Å². The number of piperidine rings is 2. The lowest BCUT2D eigenvalue weighted by Gasteiger charge is -2.46. The van der Waals surface area contributed by atoms with E-state index in [-0.39, 0.29) is 0 Å². The molecular formula is C12H19N. The maximum absolute atomic E-state index is 3.27. The van der Waals surface area contributed by atoms with Crippen LogP contribution in [0.3, 0.4) is 0 Å². The third-order valence-corrected chi connectivity index (χ3v) is 3.06. The van der Waals surface area contributed by atoms with Gasteiger partial charge in [-0.05, 0) is 24.7 Å². The molecular weight excluding hydrogens is 158 g/mol. The van der Waals surface area contributed by atoms with E-state index in [1.807, 2.05) is 0 Å². The molecule has 0 aromatic rings. The van der Waals surface area contributed by atoms with E-state index in [4.69, 9.17) is 0 Å². The van der Waals surface area contributed by atoms with Crippen molar-refractivity contribution in [2.24, 2.45) is 17.8 Å². The summed E-state index contributed by atoms with van der Waals surface area (Å²) >= 11 is 0. The number of rotatable bonds is 1. The molecule has 3 fully saturated rings. The van der Waals surface area contributed by atoms with E-state index in [1.165, 1.54) is 25.9 Å². The van der Waals surface area contributed by atoms with Gasteiger partial charge in [-0.2, -0.15) is 0 Å². The first kappa shape index (κ1) is 9.09. The van der Waals surface area contributed by atoms with E-state index in [0.717, 1.165) is 18.4 Å². The summed E-state index contributed by atoms with van der Waals surface area (Å²) in [5, 5.41) is 0. The maximum Gasteiger partial charge on any atom is 0.0601 e. The Labute approximate surface area is 81.5 Å². The third-order valence-electron chi connectivity index (χ3n) is 3.06. The molecule has 0 N–H and O–H groups in total. The Balaban J connectivity index is 1.74. The van der Waals surface area contributed by atoms with Crippen LogP contribution in [0.4, 0.5) is 0 Å². The predicted molar refractivity (Wildman–Crippen MR) is 55.3 cm³/mol. The average molecular weight is 177 g/mol. The van der Waals surface area contributed by atoms with Crippen molar-refractivity contribution in [1.29, 1.82) is 0 Å². The molecule has 0 aromatic heterocycles. The third kappa shape index (κ3) is 2.25. The van der Waals surface area contributed by atoms with Crippen LogP contribution in [0.1, 0.15) is 26.7 Å². The molecule has 1 nitrogen and oxygen atoms in total. The summed E-state index contributed by atoms with van der Waals surface area (Å²) in [5.74, 6) is 9.06. The van der Waals surface area contributed by atoms with Gasteiger partial charge in [0.25, 0.3) is 0 Å². The second-order valence-electron chi connectivity index (χ2n) is 4.87. The fourth-order valence-electron chi connectivity index (χ4n) is 2.47. The van der Waals surface area contributed by atoms with Crippen molar-refractivity contribution in [3.8, 4) is 11.8 Å². The van der Waals surface area contributed by atoms with Crippen LogP contribution < -0.4 is 0 Å². The number of hydrogen-bond acceptors (Lipinski definition) is 1. The van der Waals surface area contributed by atoms with Crippen LogP contribution in [-0.4, -0.2) is 24.5 Å². The van der Waals surface area contributed by atoms with Crippen molar-refractivity contribution >= 4 is 0 Å². The Morgan fingerprint density at radius 1 is 1.23 bits per heavy atom. The molecule has 72 valence electrons. The highest BCUT2D eigenvalue weighted by molar-refractivity contribution is 5.04. The van der Waals surface area contributed by atoms with Crippen LogP contribution in [0.5, 0.6) is 0 Å². The Bertz CT molecular complexity index is 217. The molecule has 0 amide bonds. The Morgan fingerprint density at radius 2 is 1.85 bits per heavy atom. The molecule has 3 rings (SSSR count). The van der Waals surface area contributed by atoms with Crippen LogP contribution in [-0.2, 0) is 0 Å². The number of nitrogens with zero attached hydrogens (tertiary/aromatic N) is 1. The second kappa shape index (κ2) is 3.72. The summed E-state index contributed by atoms with van der Waals surface area (Å²) in [6.07, 6.45) is 2.99. The summed E-state index contributed by atoms with van der Waals surface area (Å²) in [6, 6.07) is 0. The minimum absolute atomic E-state index is 0.527. The van der Waals surface area contributed by atoms with Gasteiger partial charge in [-0.15, -0.1) is 0 Å². The van der Waals surface area contributed by atoms with Crippen LogP contribution in [0, 0.1) is 29.6 Å². The molecule has 0 atom stereocenters. The van der Waals surface area contributed by atoms with Gasteiger partial charge in [0.05, 0.1) is 6.54 Å². The number of fused-ring (bicyclic) bond motifs is 2. The minimum atomic E-state index is 0.527. The van der Waals surface area contributed by atoms with Gasteiger partial charge in [0.2, 0.25) is 0 Å². The molecule has 1 heteroatoms. The van der Waals surface area contributed by atoms with E-state index in [2.05, 4.69) is 30.6 Å². The van der Waals surface area contributed by atoms with Crippen molar-refractivity contribution in [2.75, 3.05) is 19.6 Å². The summed E-state index contributed by atoms with van der Waals surface area (Å²) in [4.78, 5) is 2.53. The monoisotopic (exact) mass is 177 g/mol. The maximum atomic E-state index is 3.27. The SMILES string of the molecule is CC(C)C#CCN1CC2CC(C2)C1. The Kier molecular flexibility index (Phi) is 2.60. The molecule has 2 bridgehead atoms. The van der Waals surface area contributed by atoms with Crippen LogP contribution in [0.25, 0.3) is 0 Å². The summed E-state index contributed by atoms with van der Waals surface area (Å²) in [5.41, 5.74) is 0. The largest absolute Gasteiger partial charge is 0.292 e. The van der Waals surface area contributed by atoms with Crippen molar-refractivity contribution in [3.05, 3.63) is 0 Å². The van der Waals surface area contributed by atoms with Crippen molar-refractivity contribution < 1.29 is 0 Å². The first-order valence-corrected chi connectivity index (χ1v) is 5.45. The van der Waals surface area contributed by atoms with Gasteiger partial charge in [-0.3, -0.25) is 4.90 Å². The molecule has 3 aliphatic rings. The number of hydrogen-bond donors (Lipinski definition) is 0. The summed E-state index contributed by atoms with van der Waals surface area (Å²) in [6.45, 7) is 7.93. The highest BCUT2D eigenvalue weighted by atomic mass is 15.1. The predicted octanol–water partition coefficient (Wildman–Crippen LogP) is 1.99. The average Bonchev–Trinajstić information content (AvgIpc) is 2.02. The van der Waals surface area contributed by atoms with Crippen molar-refractivity contribution in [2.45, 2.75) is 26.7 Å². The van der Waals surface area contributed by atoms with Gasteiger partial charge in [0.15, 0.2) is 0 Å². The molecule has 0 aromatic carbocycles. The van der Waals surface area contributed by atoms with E-state index in [9.17, 15) is 0 Å². The minimum Gasteiger partial charge on any atom is -0.292 e. The molecule has 0 radical (unpaired) electrons. The fourth-order valence-corrected chi connectivity index (χ4v) is 2.47. The topological polar surface area (TPSA) is 3.24 Å². The molecule has 0 spiro atoms. The molecule has 2 aliphatic heterocycles. The van der Waals surface area contributed by atoms with E-state index in [1.54, 1.807) is 0 Å². The van der Waals surface area contributed by atoms with E-state index in [0.29, 0.717) is 5.92 Å². The zero-order valence-corrected chi connectivity index (χ0v) is 8.71. The van der Waals surface area contributed by atoms with Crippen molar-refractivity contribution in [3.63, 3.8) is 0 Å². The van der Waals surface area contributed by atoms with Crippen LogP contribution in [0.2, 0.25) is 0 Å². The quantitative estimate of drug-likeness (QED) is 0.554. The zero-order chi connectivity index (χ0) is 9.26. The molecule has 2 heterocycles. The van der Waals surface area contributed by atoms with Gasteiger partial charge in [0, 0.05) is 19.0 Å². The fraction of sp³-hybridized carbons (Fsp3) is 0.833. The lowest BCUT2D eigenvalue weighted by atomic mass is 9.71. The van der Waals surface area contributed by atoms with Gasteiger partial charge in [-0.1, -0.05) is 25.7 Å². The Morgan fingerprint density at radius 3 is 2.38 bits per heavy atom. The van der Waals surface area contributed by atoms with Crippen molar-refractivity contribution in [1.82, 2.24) is 4.90 Å². The standard InChI is InChI=1S/C12H19N/c1-10(2)4-3-5-13-8-11-6-12(7-11)9-13/h10-12H,5-9H2,1-2H3. The first-order valence-electron chi connectivity index (χ1n) is 5.45. The molecule has 13 heavy (non-hydrogen) atoms. The summed E-state index contributed by atoms with van der Waals surface area (Å²) in [7, 11) is 0. The highest BCUT2D eigenvalue weighted by Crippen LogP contribution is 2.39. The van der Waals surface area contributed by atoms with Gasteiger partial charge in [-0.25, -0.2) is 0 Å². The van der Waals surface area contributed by atoms with Crippen LogP contribution >= 0.6 is 0 Å². The first-order chi connectivity index (χ1) is 6.24. The highest BCUT2D eigenvalue weighted by Gasteiger charge is 2.36. The second-order valence-corrected chi connectivity index (χ2v) is 4.87. The van der Waals surface area contributed by atoms with E-state index >= 15 is 0 Å². The molecule has 1 saturated carbocycles. The lowest BCUT2D eigenvalue weighted by Crippen LogP contribution is -2.48. The lowest BCUT2D eigenvalue weighted by molar-refractivity contribution is 0.0362. The molecule has 0 unspecified atom stereocenters. The van der Waals surface area contributed by atoms with Gasteiger partial charge < -0.3 is 0 Å². The smallest absolute Gasteiger partial charge is 0.0601 e. The van der Waals surface area contributed by atoms with Gasteiger partial charge >= 0.3 is 0 Å². The normalized spacial score (nSPS) is 32.2. The molecule has 2 saturated heterocycles.